The van der Waals surface area contributed by atoms with Gasteiger partial charge in [0, 0.05) is 17.5 Å². The number of aromatic nitrogens is 1. The van der Waals surface area contributed by atoms with Crippen molar-refractivity contribution in [2.24, 2.45) is 5.92 Å². The third-order valence-electron chi connectivity index (χ3n) is 3.29. The molecule has 0 saturated heterocycles. The van der Waals surface area contributed by atoms with Crippen LogP contribution in [0.1, 0.15) is 19.5 Å². The van der Waals surface area contributed by atoms with Gasteiger partial charge in [-0.1, -0.05) is 13.8 Å². The van der Waals surface area contributed by atoms with Crippen LogP contribution in [0.3, 0.4) is 0 Å². The Morgan fingerprint density at radius 1 is 1.24 bits per heavy atom. The summed E-state index contributed by atoms with van der Waals surface area (Å²) in [5, 5.41) is 5.33. The van der Waals surface area contributed by atoms with Gasteiger partial charge in [-0.05, 0) is 30.2 Å². The third-order valence-corrected chi connectivity index (χ3v) is 4.23. The van der Waals surface area contributed by atoms with E-state index in [9.17, 15) is 9.59 Å². The maximum absolute atomic E-state index is 11.8. The van der Waals surface area contributed by atoms with Gasteiger partial charge in [0.25, 0.3) is 5.91 Å². The van der Waals surface area contributed by atoms with Crippen molar-refractivity contribution < 1.29 is 19.1 Å². The molecule has 2 aromatic rings. The van der Waals surface area contributed by atoms with Crippen molar-refractivity contribution in [2.75, 3.05) is 20.3 Å². The molecule has 0 aliphatic rings. The first kappa shape index (κ1) is 18.9. The molecule has 0 atom stereocenters. The van der Waals surface area contributed by atoms with Crippen LogP contribution in [-0.4, -0.2) is 37.1 Å². The summed E-state index contributed by atoms with van der Waals surface area (Å²) < 4.78 is 10.1. The molecule has 1 aromatic heterocycles. The van der Waals surface area contributed by atoms with Gasteiger partial charge in [0.1, 0.15) is 10.8 Å². The molecule has 134 valence electrons. The first-order chi connectivity index (χ1) is 12.0. The molecule has 6 nitrogen and oxygen atoms in total. The van der Waals surface area contributed by atoms with Gasteiger partial charge in [0.15, 0.2) is 6.61 Å². The summed E-state index contributed by atoms with van der Waals surface area (Å²) in [6.45, 7) is 4.29. The number of carbonyl (C=O) groups excluding carboxylic acids is 2. The Morgan fingerprint density at radius 2 is 1.96 bits per heavy atom. The maximum atomic E-state index is 11.8. The van der Waals surface area contributed by atoms with Crippen LogP contribution in [0.4, 0.5) is 0 Å². The average Bonchev–Trinajstić information content (AvgIpc) is 3.06. The molecule has 0 saturated carbocycles. The zero-order chi connectivity index (χ0) is 18.2. The maximum Gasteiger partial charge on any atom is 0.312 e. The van der Waals surface area contributed by atoms with Crippen molar-refractivity contribution >= 4 is 23.2 Å². The number of ether oxygens (including phenoxy) is 2. The normalized spacial score (nSPS) is 10.6. The summed E-state index contributed by atoms with van der Waals surface area (Å²) in [5.74, 6) is 0.372. The van der Waals surface area contributed by atoms with Gasteiger partial charge in [-0.2, -0.15) is 0 Å². The van der Waals surface area contributed by atoms with Crippen LogP contribution in [0, 0.1) is 5.92 Å². The van der Waals surface area contributed by atoms with E-state index < -0.39 is 5.97 Å². The van der Waals surface area contributed by atoms with E-state index in [0.717, 1.165) is 16.3 Å². The number of carbonyl (C=O) groups is 2. The van der Waals surface area contributed by atoms with Gasteiger partial charge in [-0.25, -0.2) is 4.98 Å². The Morgan fingerprint density at radius 3 is 2.60 bits per heavy atom. The second kappa shape index (κ2) is 9.17. The van der Waals surface area contributed by atoms with Crippen molar-refractivity contribution in [3.8, 4) is 16.3 Å². The van der Waals surface area contributed by atoms with Crippen LogP contribution >= 0.6 is 11.3 Å². The number of nitrogens with zero attached hydrogens (tertiary/aromatic N) is 1. The molecular formula is C18H22N2O4S. The van der Waals surface area contributed by atoms with E-state index in [1.165, 1.54) is 11.3 Å². The first-order valence-corrected chi connectivity index (χ1v) is 8.87. The Hall–Kier alpha value is -2.41. The number of methoxy groups -OCH3 is 1. The fourth-order valence-electron chi connectivity index (χ4n) is 1.97. The molecule has 7 heteroatoms. The Bertz CT molecular complexity index is 710. The quantitative estimate of drug-likeness (QED) is 0.731. The predicted molar refractivity (Wildman–Crippen MR) is 96.6 cm³/mol. The third kappa shape index (κ3) is 6.19. The second-order valence-corrected chi connectivity index (χ2v) is 6.77. The highest BCUT2D eigenvalue weighted by Gasteiger charge is 2.12. The van der Waals surface area contributed by atoms with Gasteiger partial charge < -0.3 is 14.8 Å². The molecule has 1 amide bonds. The van der Waals surface area contributed by atoms with Gasteiger partial charge >= 0.3 is 5.97 Å². The highest BCUT2D eigenvalue weighted by atomic mass is 32.1. The molecule has 0 spiro atoms. The molecule has 1 heterocycles. The number of benzene rings is 1. The largest absolute Gasteiger partial charge is 0.497 e. The lowest BCUT2D eigenvalue weighted by molar-refractivity contribution is -0.147. The molecule has 1 aromatic carbocycles. The fraction of sp³-hybridized carbons (Fsp3) is 0.389. The number of hydrogen-bond donors (Lipinski definition) is 1. The van der Waals surface area contributed by atoms with Crippen LogP contribution in [0.2, 0.25) is 0 Å². The number of hydrogen-bond acceptors (Lipinski definition) is 6. The minimum Gasteiger partial charge on any atom is -0.497 e. The molecule has 2 rings (SSSR count). The Kier molecular flexibility index (Phi) is 6.94. The summed E-state index contributed by atoms with van der Waals surface area (Å²) >= 11 is 1.45. The number of nitrogens with one attached hydrogen (secondary N) is 1. The topological polar surface area (TPSA) is 77.5 Å². The zero-order valence-corrected chi connectivity index (χ0v) is 15.4. The molecule has 0 radical (unpaired) electrons. The Balaban J connectivity index is 1.83. The lowest BCUT2D eigenvalue weighted by Crippen LogP contribution is -2.31. The number of esters is 1. The van der Waals surface area contributed by atoms with E-state index in [1.54, 1.807) is 7.11 Å². The molecule has 0 aliphatic carbocycles. The van der Waals surface area contributed by atoms with Gasteiger partial charge in [0.05, 0.1) is 19.2 Å². The smallest absolute Gasteiger partial charge is 0.312 e. The summed E-state index contributed by atoms with van der Waals surface area (Å²) in [6, 6.07) is 7.55. The average molecular weight is 362 g/mol. The van der Waals surface area contributed by atoms with Crippen molar-refractivity contribution in [2.45, 2.75) is 20.3 Å². The summed E-state index contributed by atoms with van der Waals surface area (Å²) in [4.78, 5) is 27.8. The van der Waals surface area contributed by atoms with Gasteiger partial charge in [0.2, 0.25) is 0 Å². The van der Waals surface area contributed by atoms with E-state index >= 15 is 0 Å². The van der Waals surface area contributed by atoms with Crippen molar-refractivity contribution in [3.05, 3.63) is 35.3 Å². The van der Waals surface area contributed by atoms with Crippen molar-refractivity contribution in [1.82, 2.24) is 10.3 Å². The lowest BCUT2D eigenvalue weighted by atomic mass is 10.2. The van der Waals surface area contributed by atoms with E-state index in [4.69, 9.17) is 9.47 Å². The minimum atomic E-state index is -0.466. The van der Waals surface area contributed by atoms with E-state index in [0.29, 0.717) is 18.2 Å². The van der Waals surface area contributed by atoms with Gasteiger partial charge in [-0.3, -0.25) is 9.59 Å². The predicted octanol–water partition coefficient (Wildman–Crippen LogP) is 2.68. The molecule has 0 fully saturated rings. The minimum absolute atomic E-state index is 0.0457. The van der Waals surface area contributed by atoms with Crippen LogP contribution in [-0.2, 0) is 20.7 Å². The van der Waals surface area contributed by atoms with Crippen LogP contribution in [0.5, 0.6) is 5.75 Å². The zero-order valence-electron chi connectivity index (χ0n) is 14.6. The molecular weight excluding hydrogens is 340 g/mol. The van der Waals surface area contributed by atoms with Crippen molar-refractivity contribution in [1.29, 1.82) is 0 Å². The lowest BCUT2D eigenvalue weighted by Gasteiger charge is -2.07. The number of rotatable bonds is 8. The molecule has 0 unspecified atom stereocenters. The van der Waals surface area contributed by atoms with Crippen LogP contribution in [0.15, 0.2) is 29.6 Å². The Labute approximate surface area is 151 Å². The van der Waals surface area contributed by atoms with E-state index in [-0.39, 0.29) is 18.9 Å². The monoisotopic (exact) mass is 362 g/mol. The van der Waals surface area contributed by atoms with Crippen LogP contribution in [0.25, 0.3) is 10.6 Å². The SMILES string of the molecule is COc1ccc(-c2nc(CC(=O)OCC(=O)NCC(C)C)cs2)cc1. The summed E-state index contributed by atoms with van der Waals surface area (Å²) in [6.07, 6.45) is 0.0457. The molecule has 1 N–H and O–H groups in total. The summed E-state index contributed by atoms with van der Waals surface area (Å²) in [5.41, 5.74) is 1.59. The summed E-state index contributed by atoms with van der Waals surface area (Å²) in [7, 11) is 1.62. The van der Waals surface area contributed by atoms with Crippen molar-refractivity contribution in [3.63, 3.8) is 0 Å². The van der Waals surface area contributed by atoms with Gasteiger partial charge in [-0.15, -0.1) is 11.3 Å². The molecule has 25 heavy (non-hydrogen) atoms. The standard InChI is InChI=1S/C18H22N2O4S/c1-12(2)9-19-16(21)10-24-17(22)8-14-11-25-18(20-14)13-4-6-15(23-3)7-5-13/h4-7,11-12H,8-10H2,1-3H3,(H,19,21). The number of thiazole rings is 1. The molecule has 0 bridgehead atoms. The number of amides is 1. The van der Waals surface area contributed by atoms with E-state index in [2.05, 4.69) is 10.3 Å². The van der Waals surface area contributed by atoms with E-state index in [1.807, 2.05) is 43.5 Å². The second-order valence-electron chi connectivity index (χ2n) is 5.91. The molecule has 0 aliphatic heterocycles. The fourth-order valence-corrected chi connectivity index (χ4v) is 2.79. The highest BCUT2D eigenvalue weighted by molar-refractivity contribution is 7.13. The first-order valence-electron chi connectivity index (χ1n) is 7.99. The van der Waals surface area contributed by atoms with Crippen LogP contribution < -0.4 is 10.1 Å². The highest BCUT2D eigenvalue weighted by Crippen LogP contribution is 2.25.